The van der Waals surface area contributed by atoms with Gasteiger partial charge in [-0.2, -0.15) is 0 Å². The van der Waals surface area contributed by atoms with Gasteiger partial charge in [-0.25, -0.2) is 0 Å². The molecule has 0 aliphatic heterocycles. The van der Waals surface area contributed by atoms with E-state index in [4.69, 9.17) is 14.2 Å². The Labute approximate surface area is 213 Å². The van der Waals surface area contributed by atoms with Gasteiger partial charge in [0.15, 0.2) is 17.5 Å². The first kappa shape index (κ1) is 28.3. The summed E-state index contributed by atoms with van der Waals surface area (Å²) in [5, 5.41) is 9.37. The zero-order chi connectivity index (χ0) is 23.2. The summed E-state index contributed by atoms with van der Waals surface area (Å²) in [5.41, 5.74) is 1.79. The topological polar surface area (TPSA) is 93.2 Å². The molecule has 9 heteroatoms. The van der Waals surface area contributed by atoms with Crippen molar-refractivity contribution in [2.24, 2.45) is 4.99 Å². The first-order chi connectivity index (χ1) is 15.6. The first-order valence-electron chi connectivity index (χ1n) is 10.8. The van der Waals surface area contributed by atoms with Gasteiger partial charge in [-0.05, 0) is 61.7 Å². The average molecular weight is 570 g/mol. The number of ether oxygens (including phenoxy) is 3. The molecule has 2 aromatic rings. The molecule has 0 bridgehead atoms. The summed E-state index contributed by atoms with van der Waals surface area (Å²) in [6.45, 7) is 4.38. The van der Waals surface area contributed by atoms with Gasteiger partial charge in [-0.3, -0.25) is 9.79 Å². The van der Waals surface area contributed by atoms with Crippen molar-refractivity contribution in [1.82, 2.24) is 16.0 Å². The maximum Gasteiger partial charge on any atom is 0.251 e. The quantitative estimate of drug-likeness (QED) is 0.157. The fraction of sp³-hybridized carbons (Fsp3) is 0.417. The van der Waals surface area contributed by atoms with E-state index in [2.05, 4.69) is 27.0 Å². The number of aryl methyl sites for hydroxylation is 1. The van der Waals surface area contributed by atoms with Crippen molar-refractivity contribution >= 4 is 35.8 Å². The lowest BCUT2D eigenvalue weighted by Crippen LogP contribution is -2.41. The first-order valence-corrected chi connectivity index (χ1v) is 10.8. The Hall–Kier alpha value is -2.69. The van der Waals surface area contributed by atoms with Gasteiger partial charge in [-0.15, -0.1) is 24.0 Å². The van der Waals surface area contributed by atoms with E-state index in [0.717, 1.165) is 36.6 Å². The second-order valence-electron chi connectivity index (χ2n) is 6.93. The molecule has 1 amide bonds. The predicted molar refractivity (Wildman–Crippen MR) is 143 cm³/mol. The zero-order valence-corrected chi connectivity index (χ0v) is 22.1. The monoisotopic (exact) mass is 570 g/mol. The summed E-state index contributed by atoms with van der Waals surface area (Å²) in [6, 6.07) is 13.0. The van der Waals surface area contributed by atoms with Crippen LogP contribution >= 0.6 is 24.0 Å². The number of carbonyl (C=O) groups excluding carboxylic acids is 1. The van der Waals surface area contributed by atoms with Crippen LogP contribution in [0.3, 0.4) is 0 Å². The molecule has 0 unspecified atom stereocenters. The van der Waals surface area contributed by atoms with Crippen LogP contribution in [0.4, 0.5) is 0 Å². The van der Waals surface area contributed by atoms with E-state index in [1.807, 2.05) is 19.1 Å². The summed E-state index contributed by atoms with van der Waals surface area (Å²) < 4.78 is 16.1. The van der Waals surface area contributed by atoms with Crippen LogP contribution in [0.15, 0.2) is 47.5 Å². The molecular formula is C24H35IN4O4. The lowest BCUT2D eigenvalue weighted by Gasteiger charge is -2.13. The molecule has 0 aliphatic rings. The zero-order valence-electron chi connectivity index (χ0n) is 19.8. The van der Waals surface area contributed by atoms with Gasteiger partial charge in [0.2, 0.25) is 0 Å². The van der Waals surface area contributed by atoms with Crippen LogP contribution in [0.5, 0.6) is 17.2 Å². The second-order valence-corrected chi connectivity index (χ2v) is 6.93. The number of guanidine groups is 1. The third-order valence-corrected chi connectivity index (χ3v) is 4.74. The SMILES string of the molecule is CCOc1cc(CCCNC(=NC)NCCNC(=O)c2ccc(OC)cc2)ccc1OC.I. The van der Waals surface area contributed by atoms with Crippen LogP contribution in [-0.2, 0) is 6.42 Å². The van der Waals surface area contributed by atoms with Crippen LogP contribution in [-0.4, -0.2) is 59.4 Å². The van der Waals surface area contributed by atoms with Crippen LogP contribution in [0, 0.1) is 0 Å². The van der Waals surface area contributed by atoms with Crippen molar-refractivity contribution in [3.8, 4) is 17.2 Å². The highest BCUT2D eigenvalue weighted by Crippen LogP contribution is 2.28. The molecule has 0 atom stereocenters. The Morgan fingerprint density at radius 1 is 0.909 bits per heavy atom. The van der Waals surface area contributed by atoms with Gasteiger partial charge in [0.25, 0.3) is 5.91 Å². The van der Waals surface area contributed by atoms with E-state index in [9.17, 15) is 4.79 Å². The van der Waals surface area contributed by atoms with Gasteiger partial charge < -0.3 is 30.2 Å². The molecule has 0 aliphatic carbocycles. The highest BCUT2D eigenvalue weighted by molar-refractivity contribution is 14.0. The van der Waals surface area contributed by atoms with Gasteiger partial charge >= 0.3 is 0 Å². The minimum Gasteiger partial charge on any atom is -0.497 e. The number of nitrogens with zero attached hydrogens (tertiary/aromatic N) is 1. The molecule has 2 rings (SSSR count). The maximum atomic E-state index is 12.2. The number of hydrogen-bond donors (Lipinski definition) is 3. The lowest BCUT2D eigenvalue weighted by atomic mass is 10.1. The number of amides is 1. The van der Waals surface area contributed by atoms with Gasteiger partial charge in [0.05, 0.1) is 20.8 Å². The molecule has 182 valence electrons. The molecule has 0 fully saturated rings. The number of aliphatic imine (C=N–C) groups is 1. The average Bonchev–Trinajstić information content (AvgIpc) is 2.83. The minimum atomic E-state index is -0.122. The molecular weight excluding hydrogens is 535 g/mol. The highest BCUT2D eigenvalue weighted by atomic mass is 127. The summed E-state index contributed by atoms with van der Waals surface area (Å²) in [4.78, 5) is 16.4. The Balaban J connectivity index is 0.00000544. The van der Waals surface area contributed by atoms with Crippen molar-refractivity contribution < 1.29 is 19.0 Å². The number of hydrogen-bond acceptors (Lipinski definition) is 5. The van der Waals surface area contributed by atoms with E-state index >= 15 is 0 Å². The standard InChI is InChI=1S/C24H34N4O4.HI/c1-5-32-22-17-18(8-13-21(22)31-4)7-6-14-27-24(25-2)28-16-15-26-23(29)19-9-11-20(30-3)12-10-19;/h8-13,17H,5-7,14-16H2,1-4H3,(H,26,29)(H2,25,27,28);1H. The van der Waals surface area contributed by atoms with Crippen molar-refractivity contribution in [2.75, 3.05) is 47.5 Å². The summed E-state index contributed by atoms with van der Waals surface area (Å²) >= 11 is 0. The molecule has 2 aromatic carbocycles. The number of rotatable bonds is 12. The summed E-state index contributed by atoms with van der Waals surface area (Å²) in [6.07, 6.45) is 1.85. The van der Waals surface area contributed by atoms with Crippen LogP contribution in [0.1, 0.15) is 29.3 Å². The number of benzene rings is 2. The molecule has 0 radical (unpaired) electrons. The highest BCUT2D eigenvalue weighted by Gasteiger charge is 2.07. The van der Waals surface area contributed by atoms with Gasteiger partial charge in [0, 0.05) is 32.2 Å². The van der Waals surface area contributed by atoms with Crippen molar-refractivity contribution in [3.05, 3.63) is 53.6 Å². The lowest BCUT2D eigenvalue weighted by molar-refractivity contribution is 0.0954. The van der Waals surface area contributed by atoms with E-state index in [1.54, 1.807) is 45.5 Å². The summed E-state index contributed by atoms with van der Waals surface area (Å²) in [7, 11) is 4.96. The van der Waals surface area contributed by atoms with E-state index in [0.29, 0.717) is 31.2 Å². The largest absolute Gasteiger partial charge is 0.497 e. The third-order valence-electron chi connectivity index (χ3n) is 4.74. The second kappa shape index (κ2) is 16.0. The summed E-state index contributed by atoms with van der Waals surface area (Å²) in [5.74, 6) is 2.82. The number of carbonyl (C=O) groups is 1. The van der Waals surface area contributed by atoms with Crippen molar-refractivity contribution in [2.45, 2.75) is 19.8 Å². The molecule has 0 heterocycles. The Morgan fingerprint density at radius 3 is 2.24 bits per heavy atom. The fourth-order valence-corrected chi connectivity index (χ4v) is 3.07. The molecule has 0 spiro atoms. The molecule has 0 saturated heterocycles. The molecule has 8 nitrogen and oxygen atoms in total. The molecule has 3 N–H and O–H groups in total. The van der Waals surface area contributed by atoms with Crippen LogP contribution in [0.2, 0.25) is 0 Å². The number of methoxy groups -OCH3 is 2. The number of halogens is 1. The smallest absolute Gasteiger partial charge is 0.251 e. The number of nitrogens with one attached hydrogen (secondary N) is 3. The third kappa shape index (κ3) is 9.77. The fourth-order valence-electron chi connectivity index (χ4n) is 3.07. The molecule has 0 aromatic heterocycles. The van der Waals surface area contributed by atoms with Crippen molar-refractivity contribution in [3.63, 3.8) is 0 Å². The predicted octanol–water partition coefficient (Wildman–Crippen LogP) is 3.25. The Kier molecular flexibility index (Phi) is 13.7. The normalized spacial score (nSPS) is 10.6. The van der Waals surface area contributed by atoms with Crippen LogP contribution in [0.25, 0.3) is 0 Å². The van der Waals surface area contributed by atoms with Crippen LogP contribution < -0.4 is 30.2 Å². The Morgan fingerprint density at radius 2 is 1.61 bits per heavy atom. The molecule has 33 heavy (non-hydrogen) atoms. The van der Waals surface area contributed by atoms with E-state index in [1.165, 1.54) is 5.56 Å². The molecule has 0 saturated carbocycles. The van der Waals surface area contributed by atoms with E-state index in [-0.39, 0.29) is 29.9 Å². The van der Waals surface area contributed by atoms with Gasteiger partial charge in [0.1, 0.15) is 5.75 Å². The maximum absolute atomic E-state index is 12.2. The van der Waals surface area contributed by atoms with Crippen molar-refractivity contribution in [1.29, 1.82) is 0 Å². The van der Waals surface area contributed by atoms with Gasteiger partial charge in [-0.1, -0.05) is 6.07 Å². The van der Waals surface area contributed by atoms with E-state index < -0.39 is 0 Å². The minimum absolute atomic E-state index is 0. The Bertz CT molecular complexity index is 875.